The van der Waals surface area contributed by atoms with E-state index in [9.17, 15) is 18.7 Å². The standard InChI is InChI=1S/C13H18F2N2O3/c1-8(2)10(18)6-17-12(19)9-4-3-5-16-13(9)20-7-11(14)15/h3-5,8,10-11,18H,6-7H2,1-2H3,(H,17,19). The van der Waals surface area contributed by atoms with E-state index < -0.39 is 25.0 Å². The summed E-state index contributed by atoms with van der Waals surface area (Å²) in [5.41, 5.74) is 0.0594. The molecule has 1 aromatic heterocycles. The minimum Gasteiger partial charge on any atom is -0.471 e. The number of halogens is 2. The van der Waals surface area contributed by atoms with E-state index in [1.165, 1.54) is 18.3 Å². The number of aliphatic hydroxyl groups excluding tert-OH is 1. The summed E-state index contributed by atoms with van der Waals surface area (Å²) < 4.78 is 29.0. The van der Waals surface area contributed by atoms with E-state index in [2.05, 4.69) is 10.3 Å². The Kier molecular flexibility index (Phi) is 6.30. The molecule has 0 aliphatic carbocycles. The van der Waals surface area contributed by atoms with Crippen LogP contribution in [0.2, 0.25) is 0 Å². The first-order valence-corrected chi connectivity index (χ1v) is 6.24. The Bertz CT molecular complexity index is 441. The summed E-state index contributed by atoms with van der Waals surface area (Å²) in [6.07, 6.45) is -1.97. The van der Waals surface area contributed by atoms with Gasteiger partial charge in [-0.3, -0.25) is 4.79 Å². The topological polar surface area (TPSA) is 71.5 Å². The van der Waals surface area contributed by atoms with Crippen molar-refractivity contribution in [3.8, 4) is 5.88 Å². The average Bonchev–Trinajstić information content (AvgIpc) is 2.42. The lowest BCUT2D eigenvalue weighted by atomic mass is 10.1. The first-order valence-electron chi connectivity index (χ1n) is 6.24. The van der Waals surface area contributed by atoms with Gasteiger partial charge < -0.3 is 15.2 Å². The highest BCUT2D eigenvalue weighted by Crippen LogP contribution is 2.15. The molecule has 1 heterocycles. The molecule has 1 atom stereocenters. The van der Waals surface area contributed by atoms with Gasteiger partial charge in [-0.15, -0.1) is 0 Å². The van der Waals surface area contributed by atoms with Crippen LogP contribution in [0.3, 0.4) is 0 Å². The fraction of sp³-hybridized carbons (Fsp3) is 0.538. The number of ether oxygens (including phenoxy) is 1. The van der Waals surface area contributed by atoms with Crippen LogP contribution < -0.4 is 10.1 Å². The van der Waals surface area contributed by atoms with Gasteiger partial charge in [-0.1, -0.05) is 13.8 Å². The molecule has 1 amide bonds. The molecule has 1 rings (SSSR count). The van der Waals surface area contributed by atoms with Gasteiger partial charge in [0.1, 0.15) is 5.56 Å². The van der Waals surface area contributed by atoms with Gasteiger partial charge in [0, 0.05) is 12.7 Å². The monoisotopic (exact) mass is 288 g/mol. The highest BCUT2D eigenvalue weighted by molar-refractivity contribution is 5.96. The Hall–Kier alpha value is -1.76. The molecular weight excluding hydrogens is 270 g/mol. The molecule has 0 aliphatic rings. The number of aliphatic hydroxyl groups is 1. The molecule has 2 N–H and O–H groups in total. The van der Waals surface area contributed by atoms with Crippen molar-refractivity contribution in [1.29, 1.82) is 0 Å². The molecule has 0 radical (unpaired) electrons. The molecule has 20 heavy (non-hydrogen) atoms. The third kappa shape index (κ3) is 5.08. The van der Waals surface area contributed by atoms with Crippen molar-refractivity contribution in [2.24, 2.45) is 5.92 Å². The van der Waals surface area contributed by atoms with Crippen molar-refractivity contribution < 1.29 is 23.4 Å². The van der Waals surface area contributed by atoms with Crippen LogP contribution >= 0.6 is 0 Å². The number of hydrogen-bond acceptors (Lipinski definition) is 4. The van der Waals surface area contributed by atoms with E-state index in [4.69, 9.17) is 4.74 Å². The maximum atomic E-state index is 12.1. The quantitative estimate of drug-likeness (QED) is 0.797. The Morgan fingerprint density at radius 3 is 2.80 bits per heavy atom. The molecule has 7 heteroatoms. The van der Waals surface area contributed by atoms with E-state index in [0.717, 1.165) is 0 Å². The SMILES string of the molecule is CC(C)C(O)CNC(=O)c1cccnc1OCC(F)F. The third-order valence-electron chi connectivity index (χ3n) is 2.60. The number of amides is 1. The number of nitrogens with one attached hydrogen (secondary N) is 1. The molecule has 0 saturated heterocycles. The van der Waals surface area contributed by atoms with Crippen LogP contribution in [0.4, 0.5) is 8.78 Å². The maximum Gasteiger partial charge on any atom is 0.272 e. The van der Waals surface area contributed by atoms with Crippen LogP contribution in [-0.4, -0.2) is 41.7 Å². The molecule has 1 aromatic rings. The number of pyridine rings is 1. The van der Waals surface area contributed by atoms with Crippen LogP contribution in [0.25, 0.3) is 0 Å². The van der Waals surface area contributed by atoms with Crippen LogP contribution in [0.1, 0.15) is 24.2 Å². The van der Waals surface area contributed by atoms with E-state index in [0.29, 0.717) is 0 Å². The van der Waals surface area contributed by atoms with Crippen LogP contribution in [0, 0.1) is 5.92 Å². The number of alkyl halides is 2. The van der Waals surface area contributed by atoms with E-state index in [1.807, 2.05) is 13.8 Å². The van der Waals surface area contributed by atoms with Crippen molar-refractivity contribution >= 4 is 5.91 Å². The second-order valence-corrected chi connectivity index (χ2v) is 4.58. The van der Waals surface area contributed by atoms with Gasteiger partial charge in [0.2, 0.25) is 5.88 Å². The molecule has 0 aromatic carbocycles. The summed E-state index contributed by atoms with van der Waals surface area (Å²) >= 11 is 0. The Morgan fingerprint density at radius 2 is 2.20 bits per heavy atom. The first-order chi connectivity index (χ1) is 9.41. The zero-order valence-corrected chi connectivity index (χ0v) is 11.3. The predicted molar refractivity (Wildman–Crippen MR) is 68.9 cm³/mol. The lowest BCUT2D eigenvalue weighted by Crippen LogP contribution is -2.35. The molecule has 0 fully saturated rings. The molecule has 5 nitrogen and oxygen atoms in total. The predicted octanol–water partition coefficient (Wildman–Crippen LogP) is 1.47. The van der Waals surface area contributed by atoms with Gasteiger partial charge in [-0.05, 0) is 18.1 Å². The van der Waals surface area contributed by atoms with Crippen molar-refractivity contribution in [2.75, 3.05) is 13.2 Å². The van der Waals surface area contributed by atoms with E-state index >= 15 is 0 Å². The summed E-state index contributed by atoms with van der Waals surface area (Å²) in [6.45, 7) is 2.88. The second-order valence-electron chi connectivity index (χ2n) is 4.58. The molecule has 0 saturated carbocycles. The lowest BCUT2D eigenvalue weighted by molar-refractivity contribution is 0.0761. The van der Waals surface area contributed by atoms with Gasteiger partial charge in [0.15, 0.2) is 6.61 Å². The maximum absolute atomic E-state index is 12.1. The number of carbonyl (C=O) groups excluding carboxylic acids is 1. The molecule has 0 bridgehead atoms. The van der Waals surface area contributed by atoms with E-state index in [1.54, 1.807) is 0 Å². The van der Waals surface area contributed by atoms with Crippen molar-refractivity contribution in [3.63, 3.8) is 0 Å². The highest BCUT2D eigenvalue weighted by Gasteiger charge is 2.17. The smallest absolute Gasteiger partial charge is 0.272 e. The highest BCUT2D eigenvalue weighted by atomic mass is 19.3. The Morgan fingerprint density at radius 1 is 1.50 bits per heavy atom. The third-order valence-corrected chi connectivity index (χ3v) is 2.60. The van der Waals surface area contributed by atoms with Crippen LogP contribution in [0.15, 0.2) is 18.3 Å². The Labute approximate surface area is 116 Å². The van der Waals surface area contributed by atoms with Crippen LogP contribution in [0.5, 0.6) is 5.88 Å². The molecule has 0 aliphatic heterocycles. The van der Waals surface area contributed by atoms with Crippen LogP contribution in [-0.2, 0) is 0 Å². The number of aromatic nitrogens is 1. The number of hydrogen-bond donors (Lipinski definition) is 2. The summed E-state index contributed by atoms with van der Waals surface area (Å²) in [5, 5.41) is 12.1. The van der Waals surface area contributed by atoms with E-state index in [-0.39, 0.29) is 23.9 Å². The van der Waals surface area contributed by atoms with Crippen molar-refractivity contribution in [1.82, 2.24) is 10.3 Å². The molecule has 0 spiro atoms. The summed E-state index contributed by atoms with van der Waals surface area (Å²) in [7, 11) is 0. The zero-order valence-electron chi connectivity index (χ0n) is 11.3. The summed E-state index contributed by atoms with van der Waals surface area (Å²) in [4.78, 5) is 15.7. The minimum atomic E-state index is -2.64. The number of carbonyl (C=O) groups is 1. The van der Waals surface area contributed by atoms with Crippen molar-refractivity contribution in [2.45, 2.75) is 26.4 Å². The molecular formula is C13H18F2N2O3. The van der Waals surface area contributed by atoms with Gasteiger partial charge in [-0.25, -0.2) is 13.8 Å². The van der Waals surface area contributed by atoms with Gasteiger partial charge in [0.05, 0.1) is 6.10 Å². The fourth-order valence-electron chi connectivity index (χ4n) is 1.35. The second kappa shape index (κ2) is 7.74. The van der Waals surface area contributed by atoms with Gasteiger partial charge in [0.25, 0.3) is 12.3 Å². The van der Waals surface area contributed by atoms with Gasteiger partial charge in [-0.2, -0.15) is 0 Å². The first kappa shape index (κ1) is 16.3. The Balaban J connectivity index is 2.67. The lowest BCUT2D eigenvalue weighted by Gasteiger charge is -2.15. The largest absolute Gasteiger partial charge is 0.471 e. The average molecular weight is 288 g/mol. The number of nitrogens with zero attached hydrogens (tertiary/aromatic N) is 1. The summed E-state index contributed by atoms with van der Waals surface area (Å²) in [6, 6.07) is 2.92. The minimum absolute atomic E-state index is 0.00116. The summed E-state index contributed by atoms with van der Waals surface area (Å²) in [5.74, 6) is -0.676. The normalized spacial score (nSPS) is 12.6. The zero-order chi connectivity index (χ0) is 15.1. The van der Waals surface area contributed by atoms with Crippen molar-refractivity contribution in [3.05, 3.63) is 23.9 Å². The molecule has 112 valence electrons. The van der Waals surface area contributed by atoms with Gasteiger partial charge >= 0.3 is 0 Å². The number of rotatable bonds is 7. The fourth-order valence-corrected chi connectivity index (χ4v) is 1.35. The molecule has 1 unspecified atom stereocenters.